The Hall–Kier alpha value is -0.0425. The standard InChI is InChI=1S/C16H39NO4Si4/c1-12-15(13-14(2)16(17)18)25(19-22(3,4)5,20-23(6,7)8)21-24(9,10)11/h13,15H,12H2,1-11H3,(H2,17,18)/b14-13+. The first-order valence-electron chi connectivity index (χ1n) is 8.99. The molecule has 0 aromatic carbocycles. The SMILES string of the molecule is CCC(/C=C(\C)C(N)=O)[Si](O[Si](C)(C)C)(O[Si](C)(C)C)O[Si](C)(C)C. The van der Waals surface area contributed by atoms with Crippen LogP contribution in [0.2, 0.25) is 64.5 Å². The van der Waals surface area contributed by atoms with E-state index in [1.807, 2.05) is 6.08 Å². The van der Waals surface area contributed by atoms with Crippen LogP contribution >= 0.6 is 0 Å². The topological polar surface area (TPSA) is 70.8 Å². The van der Waals surface area contributed by atoms with E-state index in [0.29, 0.717) is 5.57 Å². The molecule has 0 spiro atoms. The summed E-state index contributed by atoms with van der Waals surface area (Å²) in [6.07, 6.45) is 2.71. The first kappa shape index (κ1) is 25.0. The van der Waals surface area contributed by atoms with Crippen molar-refractivity contribution in [1.29, 1.82) is 0 Å². The normalized spacial score (nSPS) is 16.0. The molecular formula is C16H39NO4Si4. The van der Waals surface area contributed by atoms with Gasteiger partial charge < -0.3 is 18.1 Å². The third-order valence-electron chi connectivity index (χ3n) is 3.08. The minimum absolute atomic E-state index is 0.0647. The Balaban J connectivity index is 6.35. The summed E-state index contributed by atoms with van der Waals surface area (Å²) >= 11 is 0. The Kier molecular flexibility index (Phi) is 8.75. The van der Waals surface area contributed by atoms with Crippen LogP contribution in [-0.4, -0.2) is 39.7 Å². The van der Waals surface area contributed by atoms with Crippen molar-refractivity contribution in [2.75, 3.05) is 0 Å². The Morgan fingerprint density at radius 3 is 1.40 bits per heavy atom. The van der Waals surface area contributed by atoms with Gasteiger partial charge in [0.2, 0.25) is 5.91 Å². The number of primary amides is 1. The van der Waals surface area contributed by atoms with Gasteiger partial charge in [0.15, 0.2) is 25.0 Å². The van der Waals surface area contributed by atoms with Crippen LogP contribution in [0.5, 0.6) is 0 Å². The average Bonchev–Trinajstić information content (AvgIpc) is 2.28. The lowest BCUT2D eigenvalue weighted by Gasteiger charge is -2.45. The quantitative estimate of drug-likeness (QED) is 0.410. The fourth-order valence-corrected chi connectivity index (χ4v) is 17.1. The molecule has 0 saturated carbocycles. The number of nitrogens with two attached hydrogens (primary N) is 1. The monoisotopic (exact) mass is 421 g/mol. The molecule has 0 aliphatic carbocycles. The molecule has 0 fully saturated rings. The van der Waals surface area contributed by atoms with Crippen LogP contribution in [0, 0.1) is 0 Å². The van der Waals surface area contributed by atoms with Crippen molar-refractivity contribution >= 4 is 39.7 Å². The van der Waals surface area contributed by atoms with E-state index in [1.54, 1.807) is 6.92 Å². The van der Waals surface area contributed by atoms with Gasteiger partial charge >= 0.3 is 8.80 Å². The zero-order valence-electron chi connectivity index (χ0n) is 18.1. The highest BCUT2D eigenvalue weighted by Gasteiger charge is 2.54. The molecule has 0 aliphatic rings. The molecule has 2 N–H and O–H groups in total. The smallest absolute Gasteiger partial charge is 0.417 e. The van der Waals surface area contributed by atoms with Crippen molar-refractivity contribution in [3.05, 3.63) is 11.6 Å². The molecule has 0 heterocycles. The molecule has 148 valence electrons. The van der Waals surface area contributed by atoms with Crippen molar-refractivity contribution in [2.24, 2.45) is 5.73 Å². The molecule has 0 radical (unpaired) electrons. The molecule has 1 amide bonds. The summed E-state index contributed by atoms with van der Waals surface area (Å²) in [4.78, 5) is 11.6. The van der Waals surface area contributed by atoms with Crippen LogP contribution in [0.4, 0.5) is 0 Å². The maximum Gasteiger partial charge on any atom is 0.476 e. The number of carbonyl (C=O) groups excluding carboxylic acids is 1. The van der Waals surface area contributed by atoms with Crippen molar-refractivity contribution in [3.8, 4) is 0 Å². The van der Waals surface area contributed by atoms with Crippen LogP contribution in [0.25, 0.3) is 0 Å². The summed E-state index contributed by atoms with van der Waals surface area (Å²) in [7, 11) is -8.85. The van der Waals surface area contributed by atoms with Crippen LogP contribution in [0.3, 0.4) is 0 Å². The number of allylic oxidation sites excluding steroid dienone is 1. The average molecular weight is 422 g/mol. The van der Waals surface area contributed by atoms with Gasteiger partial charge in [-0.3, -0.25) is 4.79 Å². The minimum atomic E-state index is -3.04. The summed E-state index contributed by atoms with van der Waals surface area (Å²) in [6, 6.07) is 0. The van der Waals surface area contributed by atoms with Gasteiger partial charge in [-0.15, -0.1) is 0 Å². The Morgan fingerprint density at radius 2 is 1.20 bits per heavy atom. The Bertz CT molecular complexity index is 449. The third-order valence-corrected chi connectivity index (χ3v) is 15.3. The van der Waals surface area contributed by atoms with E-state index < -0.39 is 39.7 Å². The second kappa shape index (κ2) is 8.76. The lowest BCUT2D eigenvalue weighted by Crippen LogP contribution is -2.62. The van der Waals surface area contributed by atoms with E-state index >= 15 is 0 Å². The summed E-state index contributed by atoms with van der Waals surface area (Å²) in [5, 5.41) is 0. The van der Waals surface area contributed by atoms with E-state index in [0.717, 1.165) is 6.42 Å². The van der Waals surface area contributed by atoms with Crippen LogP contribution in [0.15, 0.2) is 11.6 Å². The summed E-state index contributed by atoms with van der Waals surface area (Å²) in [5.41, 5.74) is 5.95. The van der Waals surface area contributed by atoms with Gasteiger partial charge in [0.1, 0.15) is 0 Å². The number of hydrogen-bond acceptors (Lipinski definition) is 4. The lowest BCUT2D eigenvalue weighted by atomic mass is 10.2. The number of carbonyl (C=O) groups is 1. The number of rotatable bonds is 10. The molecule has 0 aromatic rings. The van der Waals surface area contributed by atoms with E-state index in [9.17, 15) is 4.79 Å². The van der Waals surface area contributed by atoms with Gasteiger partial charge in [0.05, 0.1) is 0 Å². The van der Waals surface area contributed by atoms with Crippen LogP contribution < -0.4 is 5.73 Å². The lowest BCUT2D eigenvalue weighted by molar-refractivity contribution is -0.114. The van der Waals surface area contributed by atoms with E-state index in [-0.39, 0.29) is 5.54 Å². The molecule has 5 nitrogen and oxygen atoms in total. The fraction of sp³-hybridized carbons (Fsp3) is 0.812. The largest absolute Gasteiger partial charge is 0.476 e. The summed E-state index contributed by atoms with van der Waals surface area (Å²) in [6.45, 7) is 23.3. The summed E-state index contributed by atoms with van der Waals surface area (Å²) < 4.78 is 20.2. The molecule has 25 heavy (non-hydrogen) atoms. The molecule has 0 aliphatic heterocycles. The van der Waals surface area contributed by atoms with Gasteiger partial charge in [-0.1, -0.05) is 13.0 Å². The van der Waals surface area contributed by atoms with Crippen molar-refractivity contribution in [1.82, 2.24) is 0 Å². The maximum absolute atomic E-state index is 11.6. The van der Waals surface area contributed by atoms with Crippen molar-refractivity contribution in [2.45, 2.75) is 84.7 Å². The van der Waals surface area contributed by atoms with Crippen LogP contribution in [0.1, 0.15) is 20.3 Å². The molecule has 0 aromatic heterocycles. The Morgan fingerprint density at radius 1 is 0.880 bits per heavy atom. The highest BCUT2D eigenvalue weighted by Crippen LogP contribution is 2.38. The molecule has 0 saturated heterocycles. The van der Waals surface area contributed by atoms with E-state index in [4.69, 9.17) is 18.1 Å². The van der Waals surface area contributed by atoms with E-state index in [1.165, 1.54) is 0 Å². The van der Waals surface area contributed by atoms with Gasteiger partial charge in [-0.2, -0.15) is 0 Å². The first-order chi connectivity index (χ1) is 10.9. The van der Waals surface area contributed by atoms with Gasteiger partial charge in [0, 0.05) is 11.1 Å². The molecule has 1 unspecified atom stereocenters. The van der Waals surface area contributed by atoms with Crippen molar-refractivity contribution in [3.63, 3.8) is 0 Å². The minimum Gasteiger partial charge on any atom is -0.417 e. The highest BCUT2D eigenvalue weighted by atomic mass is 28.5. The summed E-state index contributed by atoms with van der Waals surface area (Å²) in [5.74, 6) is -0.407. The van der Waals surface area contributed by atoms with Crippen molar-refractivity contribution < 1.29 is 17.1 Å². The zero-order valence-corrected chi connectivity index (χ0v) is 22.1. The predicted molar refractivity (Wildman–Crippen MR) is 116 cm³/mol. The molecule has 0 bridgehead atoms. The second-order valence-electron chi connectivity index (χ2n) is 9.48. The van der Waals surface area contributed by atoms with E-state index in [2.05, 4.69) is 65.8 Å². The van der Waals surface area contributed by atoms with Gasteiger partial charge in [-0.25, -0.2) is 0 Å². The van der Waals surface area contributed by atoms with Crippen LogP contribution in [-0.2, 0) is 17.1 Å². The second-order valence-corrected chi connectivity index (χ2v) is 26.5. The predicted octanol–water partition coefficient (Wildman–Crippen LogP) is 4.69. The number of amides is 1. The van der Waals surface area contributed by atoms with Gasteiger partial charge in [-0.05, 0) is 72.3 Å². The highest BCUT2D eigenvalue weighted by molar-refractivity contribution is 6.90. The molecular weight excluding hydrogens is 383 g/mol. The molecule has 0 rings (SSSR count). The third kappa shape index (κ3) is 10.0. The first-order valence-corrected chi connectivity index (χ1v) is 21.0. The molecule has 9 heteroatoms. The van der Waals surface area contributed by atoms with Gasteiger partial charge in [0.25, 0.3) is 0 Å². The fourth-order valence-electron chi connectivity index (χ4n) is 2.42. The Labute approximate surface area is 159 Å². The zero-order chi connectivity index (χ0) is 20.3. The molecule has 1 atom stereocenters. The maximum atomic E-state index is 11.6. The number of hydrogen-bond donors (Lipinski definition) is 1.